The van der Waals surface area contributed by atoms with Crippen molar-refractivity contribution in [2.24, 2.45) is 0 Å². The smallest absolute Gasteiger partial charge is 0.385 e. The molecule has 2 rings (SSSR count). The van der Waals surface area contributed by atoms with Crippen LogP contribution >= 0.6 is 11.3 Å². The van der Waals surface area contributed by atoms with Crippen molar-refractivity contribution in [2.75, 3.05) is 0 Å². The van der Waals surface area contributed by atoms with E-state index in [-0.39, 0.29) is 16.2 Å². The van der Waals surface area contributed by atoms with Crippen molar-refractivity contribution >= 4 is 27.3 Å². The Labute approximate surface area is 189 Å². The lowest BCUT2D eigenvalue weighted by atomic mass is 9.85. The second-order valence-corrected chi connectivity index (χ2v) is 11.6. The maximum absolute atomic E-state index is 13.4. The van der Waals surface area contributed by atoms with Crippen LogP contribution in [-0.2, 0) is 33.0 Å². The Morgan fingerprint density at radius 3 is 2.00 bits per heavy atom. The van der Waals surface area contributed by atoms with Gasteiger partial charge in [0.25, 0.3) is 10.0 Å². The number of halogens is 3. The number of rotatable bonds is 7. The molecular formula is C21H27F3N2O4S2. The highest BCUT2D eigenvalue weighted by atomic mass is 32.2. The minimum absolute atomic E-state index is 0.303. The van der Waals surface area contributed by atoms with E-state index in [0.29, 0.717) is 21.6 Å². The van der Waals surface area contributed by atoms with Crippen molar-refractivity contribution < 1.29 is 31.5 Å². The molecule has 0 fully saturated rings. The minimum atomic E-state index is -4.54. The van der Waals surface area contributed by atoms with E-state index in [4.69, 9.17) is 0 Å². The molecule has 178 valence electrons. The van der Waals surface area contributed by atoms with Crippen LogP contribution in [0.25, 0.3) is 0 Å². The number of aliphatic hydroxyl groups is 1. The number of aromatic nitrogens is 1. The summed E-state index contributed by atoms with van der Waals surface area (Å²) in [4.78, 5) is 16.7. The fourth-order valence-electron chi connectivity index (χ4n) is 3.17. The summed E-state index contributed by atoms with van der Waals surface area (Å²) in [6, 6.07) is 2.04. The van der Waals surface area contributed by atoms with Gasteiger partial charge in [0.2, 0.25) is 10.2 Å². The Hall–Kier alpha value is -1.98. The molecular weight excluding hydrogens is 465 g/mol. The minimum Gasteiger partial charge on any atom is -0.385 e. The molecule has 1 heterocycles. The largest absolute Gasteiger partial charge is 0.416 e. The summed E-state index contributed by atoms with van der Waals surface area (Å²) in [5.41, 5.74) is -1.03. The monoisotopic (exact) mass is 492 g/mol. The quantitative estimate of drug-likeness (QED) is 0.585. The van der Waals surface area contributed by atoms with Gasteiger partial charge in [0.05, 0.1) is 22.5 Å². The highest BCUT2D eigenvalue weighted by Gasteiger charge is 2.33. The van der Waals surface area contributed by atoms with Crippen LogP contribution in [0.3, 0.4) is 0 Å². The van der Waals surface area contributed by atoms with E-state index in [9.17, 15) is 31.5 Å². The third-order valence-electron chi connectivity index (χ3n) is 4.79. The molecule has 2 aromatic rings. The van der Waals surface area contributed by atoms with E-state index in [0.717, 1.165) is 23.5 Å². The highest BCUT2D eigenvalue weighted by molar-refractivity contribution is 7.92. The molecule has 1 amide bonds. The third kappa shape index (κ3) is 6.08. The van der Waals surface area contributed by atoms with Gasteiger partial charge in [-0.25, -0.2) is 9.71 Å². The molecule has 2 N–H and O–H groups in total. The lowest BCUT2D eigenvalue weighted by Crippen LogP contribution is -2.32. The van der Waals surface area contributed by atoms with Gasteiger partial charge < -0.3 is 5.11 Å². The van der Waals surface area contributed by atoms with Crippen molar-refractivity contribution in [3.05, 3.63) is 45.5 Å². The van der Waals surface area contributed by atoms with E-state index < -0.39 is 39.7 Å². The zero-order valence-electron chi connectivity index (χ0n) is 18.7. The second-order valence-electron chi connectivity index (χ2n) is 8.70. The number of amides is 1. The lowest BCUT2D eigenvalue weighted by Gasteiger charge is -2.22. The topological polar surface area (TPSA) is 96.4 Å². The molecule has 0 atom stereocenters. The van der Waals surface area contributed by atoms with Crippen molar-refractivity contribution in [2.45, 2.75) is 75.9 Å². The molecule has 11 heteroatoms. The van der Waals surface area contributed by atoms with Crippen LogP contribution in [0.4, 0.5) is 13.2 Å². The normalized spacial score (nSPS) is 13.1. The van der Waals surface area contributed by atoms with Crippen molar-refractivity contribution in [1.29, 1.82) is 0 Å². The lowest BCUT2D eigenvalue weighted by molar-refractivity contribution is -0.137. The SMILES string of the molecule is CC(C)c1cc(C(F)(F)F)cc(C(C)C)c1CC(=O)NS(=O)(=O)c1ncc(C(C)(C)O)s1. The van der Waals surface area contributed by atoms with Crippen LogP contribution in [0.2, 0.25) is 0 Å². The van der Waals surface area contributed by atoms with Crippen LogP contribution in [-0.4, -0.2) is 24.4 Å². The van der Waals surface area contributed by atoms with Crippen LogP contribution in [0, 0.1) is 0 Å². The summed E-state index contributed by atoms with van der Waals surface area (Å²) in [6.45, 7) is 9.80. The molecule has 0 aliphatic rings. The first kappa shape index (κ1) is 26.3. The average Bonchev–Trinajstić information content (AvgIpc) is 3.11. The van der Waals surface area contributed by atoms with Gasteiger partial charge >= 0.3 is 6.18 Å². The van der Waals surface area contributed by atoms with Crippen LogP contribution in [0.1, 0.15) is 80.5 Å². The van der Waals surface area contributed by atoms with Crippen molar-refractivity contribution in [3.8, 4) is 0 Å². The maximum atomic E-state index is 13.4. The third-order valence-corrected chi connectivity index (χ3v) is 7.87. The van der Waals surface area contributed by atoms with Gasteiger partial charge in [-0.2, -0.15) is 21.6 Å². The number of benzene rings is 1. The number of sulfonamides is 1. The number of alkyl halides is 3. The molecule has 0 aliphatic heterocycles. The van der Waals surface area contributed by atoms with E-state index in [1.54, 1.807) is 27.7 Å². The predicted molar refractivity (Wildman–Crippen MR) is 116 cm³/mol. The van der Waals surface area contributed by atoms with Gasteiger partial charge in [-0.05, 0) is 54.5 Å². The zero-order chi connectivity index (χ0) is 24.6. The number of thiazole rings is 1. The average molecular weight is 493 g/mol. The molecule has 0 saturated heterocycles. The van der Waals surface area contributed by atoms with Crippen molar-refractivity contribution in [1.82, 2.24) is 9.71 Å². The Kier molecular flexibility index (Phi) is 7.48. The number of carbonyl (C=O) groups excluding carboxylic acids is 1. The van der Waals surface area contributed by atoms with Gasteiger partial charge in [-0.1, -0.05) is 27.7 Å². The first-order chi connectivity index (χ1) is 14.4. The standard InChI is InChI=1S/C21H27F3N2O4S2/c1-11(2)14-7-13(21(22,23)24)8-15(12(3)4)16(14)9-18(27)26-32(29,30)19-25-10-17(31-19)20(5,6)28/h7-8,10-12,28H,9H2,1-6H3,(H,26,27). The molecule has 6 nitrogen and oxygen atoms in total. The van der Waals surface area contributed by atoms with Gasteiger partial charge in [0.15, 0.2) is 0 Å². The Morgan fingerprint density at radius 2 is 1.62 bits per heavy atom. The van der Waals surface area contributed by atoms with Gasteiger partial charge in [0.1, 0.15) is 0 Å². The molecule has 0 spiro atoms. The second kappa shape index (κ2) is 9.11. The molecule has 0 aliphatic carbocycles. The fourth-order valence-corrected chi connectivity index (χ4v) is 5.30. The summed E-state index contributed by atoms with van der Waals surface area (Å²) in [7, 11) is -4.30. The Morgan fingerprint density at radius 1 is 1.12 bits per heavy atom. The molecule has 0 bridgehead atoms. The molecule has 0 saturated carbocycles. The fraction of sp³-hybridized carbons (Fsp3) is 0.524. The zero-order valence-corrected chi connectivity index (χ0v) is 20.3. The van der Waals surface area contributed by atoms with E-state index in [1.807, 2.05) is 4.72 Å². The number of nitrogens with zero attached hydrogens (tertiary/aromatic N) is 1. The molecule has 32 heavy (non-hydrogen) atoms. The van der Waals surface area contributed by atoms with Crippen LogP contribution < -0.4 is 4.72 Å². The van der Waals surface area contributed by atoms with Gasteiger partial charge in [-0.3, -0.25) is 4.79 Å². The summed E-state index contributed by atoms with van der Waals surface area (Å²) in [5.74, 6) is -1.52. The predicted octanol–water partition coefficient (Wildman–Crippen LogP) is 4.68. The van der Waals surface area contributed by atoms with E-state index in [2.05, 4.69) is 4.98 Å². The Bertz CT molecular complexity index is 1070. The first-order valence-electron chi connectivity index (χ1n) is 9.91. The molecule has 0 radical (unpaired) electrons. The molecule has 1 aromatic carbocycles. The first-order valence-corrected chi connectivity index (χ1v) is 12.2. The summed E-state index contributed by atoms with van der Waals surface area (Å²) in [5, 5.41) is 10.00. The highest BCUT2D eigenvalue weighted by Crippen LogP contribution is 2.37. The summed E-state index contributed by atoms with van der Waals surface area (Å²) < 4.78 is 66.9. The number of hydrogen-bond acceptors (Lipinski definition) is 6. The van der Waals surface area contributed by atoms with Gasteiger partial charge in [0, 0.05) is 6.20 Å². The van der Waals surface area contributed by atoms with Crippen LogP contribution in [0.15, 0.2) is 22.7 Å². The summed E-state index contributed by atoms with van der Waals surface area (Å²) in [6.07, 6.45) is -3.73. The van der Waals surface area contributed by atoms with E-state index >= 15 is 0 Å². The van der Waals surface area contributed by atoms with Crippen molar-refractivity contribution in [3.63, 3.8) is 0 Å². The maximum Gasteiger partial charge on any atom is 0.416 e. The number of hydrogen-bond donors (Lipinski definition) is 2. The Balaban J connectivity index is 2.41. The van der Waals surface area contributed by atoms with Gasteiger partial charge in [-0.15, -0.1) is 11.3 Å². The molecule has 0 unspecified atom stereocenters. The summed E-state index contributed by atoms with van der Waals surface area (Å²) >= 11 is 0.727. The van der Waals surface area contributed by atoms with E-state index in [1.165, 1.54) is 20.0 Å². The number of nitrogens with one attached hydrogen (secondary N) is 1. The van der Waals surface area contributed by atoms with Crippen LogP contribution in [0.5, 0.6) is 0 Å². The number of carbonyl (C=O) groups is 1. The molecule has 1 aromatic heterocycles.